The quantitative estimate of drug-likeness (QED) is 0.164. The van der Waals surface area contributed by atoms with Gasteiger partial charge in [-0.05, 0) is 63.7 Å². The highest BCUT2D eigenvalue weighted by Gasteiger charge is 2.64. The molecule has 8 N–H and O–H groups in total. The van der Waals surface area contributed by atoms with E-state index in [1.807, 2.05) is 0 Å². The molecule has 1 aromatic carbocycles. The number of hydrogen-bond acceptors (Lipinski definition) is 10. The number of ketones is 2. The summed E-state index contributed by atoms with van der Waals surface area (Å²) in [7, 11) is 3.14. The molecule has 5 atom stereocenters. The number of phenols is 1. The first kappa shape index (κ1) is 29.4. The normalized spacial score (nSPS) is 27.1. The van der Waals surface area contributed by atoms with Crippen molar-refractivity contribution in [2.45, 2.75) is 64.6 Å². The van der Waals surface area contributed by atoms with E-state index in [4.69, 9.17) is 11.5 Å². The van der Waals surface area contributed by atoms with Crippen molar-refractivity contribution in [2.24, 2.45) is 23.5 Å². The minimum Gasteiger partial charge on any atom is -0.508 e. The van der Waals surface area contributed by atoms with E-state index in [0.717, 1.165) is 12.1 Å². The third-order valence-corrected chi connectivity index (χ3v) is 8.72. The van der Waals surface area contributed by atoms with Crippen LogP contribution in [0.25, 0.3) is 5.76 Å². The fraction of sp³-hybridized carbons (Fsp3) is 0.552. The number of fused-ring (bicyclic) bond motifs is 3. The summed E-state index contributed by atoms with van der Waals surface area (Å²) in [4.78, 5) is 43.1. The largest absolute Gasteiger partial charge is 0.508 e. The van der Waals surface area contributed by atoms with Crippen molar-refractivity contribution in [3.63, 3.8) is 0 Å². The number of aliphatic hydroxyl groups excluding tert-OH is 2. The molecular weight excluding hydrogens is 516 g/mol. The maximum Gasteiger partial charge on any atom is 0.255 e. The molecule has 0 spiro atoms. The van der Waals surface area contributed by atoms with Crippen LogP contribution >= 0.6 is 0 Å². The topological polar surface area (TPSA) is 191 Å². The monoisotopic (exact) mass is 556 g/mol. The van der Waals surface area contributed by atoms with E-state index in [1.165, 1.54) is 4.90 Å². The standard InChI is InChI=1S/C29H40N4O7/c1-7-13(4)33(11-12(2)3)18-10-17(30)23(34)20-15(18)8-14-9-16-22(32(5)6)25(36)21(28(31)39)27(38)29(16,40)26(37)19(14)24(20)35/h10,12-14,16,22,34-35,38,40H,7-9,11,30H2,1-6H3,(H2,31,39)/t13?,14?,16?,22-,29-/m0/s1. The molecule has 0 radical (unpaired) electrons. The zero-order chi connectivity index (χ0) is 30.0. The van der Waals surface area contributed by atoms with Crippen LogP contribution in [0.2, 0.25) is 0 Å². The summed E-state index contributed by atoms with van der Waals surface area (Å²) in [6.45, 7) is 8.99. The molecule has 0 saturated heterocycles. The number of anilines is 2. The van der Waals surface area contributed by atoms with Gasteiger partial charge in [0.2, 0.25) is 5.78 Å². The van der Waals surface area contributed by atoms with Crippen LogP contribution in [0.15, 0.2) is 23.0 Å². The van der Waals surface area contributed by atoms with Gasteiger partial charge in [-0.15, -0.1) is 0 Å². The smallest absolute Gasteiger partial charge is 0.255 e. The third kappa shape index (κ3) is 4.14. The molecule has 1 fully saturated rings. The summed E-state index contributed by atoms with van der Waals surface area (Å²) < 4.78 is 0. The Morgan fingerprint density at radius 1 is 1.18 bits per heavy atom. The lowest BCUT2D eigenvalue weighted by atomic mass is 9.57. The summed E-state index contributed by atoms with van der Waals surface area (Å²) in [6, 6.07) is 0.654. The molecule has 0 bridgehead atoms. The zero-order valence-corrected chi connectivity index (χ0v) is 23.9. The Morgan fingerprint density at radius 2 is 1.80 bits per heavy atom. The van der Waals surface area contributed by atoms with Crippen LogP contribution in [-0.4, -0.2) is 81.1 Å². The van der Waals surface area contributed by atoms with Gasteiger partial charge in [-0.2, -0.15) is 0 Å². The number of aromatic hydroxyl groups is 1. The molecule has 0 aliphatic heterocycles. The maximum absolute atomic E-state index is 14.0. The first-order chi connectivity index (χ1) is 18.6. The van der Waals surface area contributed by atoms with Crippen LogP contribution in [0.3, 0.4) is 0 Å². The average molecular weight is 557 g/mol. The van der Waals surface area contributed by atoms with Crippen molar-refractivity contribution in [1.29, 1.82) is 0 Å². The van der Waals surface area contributed by atoms with Gasteiger partial charge in [0.1, 0.15) is 22.8 Å². The first-order valence-corrected chi connectivity index (χ1v) is 13.6. The molecule has 40 heavy (non-hydrogen) atoms. The van der Waals surface area contributed by atoms with Gasteiger partial charge < -0.3 is 36.8 Å². The van der Waals surface area contributed by atoms with E-state index < -0.39 is 58.0 Å². The Balaban J connectivity index is 1.99. The number of hydrogen-bond donors (Lipinski definition) is 6. The minimum absolute atomic E-state index is 0.00310. The van der Waals surface area contributed by atoms with Gasteiger partial charge in [-0.3, -0.25) is 19.3 Å². The van der Waals surface area contributed by atoms with Crippen LogP contribution in [0.1, 0.15) is 51.7 Å². The Labute approximate surface area is 233 Å². The van der Waals surface area contributed by atoms with Gasteiger partial charge in [0.15, 0.2) is 11.4 Å². The number of nitrogen functional groups attached to an aromatic ring is 1. The van der Waals surface area contributed by atoms with Crippen LogP contribution < -0.4 is 16.4 Å². The summed E-state index contributed by atoms with van der Waals surface area (Å²) in [5.74, 6) is -6.63. The molecule has 4 rings (SSSR count). The van der Waals surface area contributed by atoms with Gasteiger partial charge in [0, 0.05) is 29.8 Å². The molecular formula is C29H40N4O7. The van der Waals surface area contributed by atoms with Crippen LogP contribution in [-0.2, 0) is 20.8 Å². The van der Waals surface area contributed by atoms with Gasteiger partial charge in [0.05, 0.1) is 17.3 Å². The van der Waals surface area contributed by atoms with E-state index >= 15 is 0 Å². The number of rotatable bonds is 7. The number of amides is 1. The number of phenolic OH excluding ortho intramolecular Hbond substituents is 1. The molecule has 1 aromatic rings. The Hall–Kier alpha value is -3.57. The average Bonchev–Trinajstić information content (AvgIpc) is 2.86. The van der Waals surface area contributed by atoms with Gasteiger partial charge in [-0.1, -0.05) is 20.8 Å². The van der Waals surface area contributed by atoms with Gasteiger partial charge in [-0.25, -0.2) is 0 Å². The number of aliphatic hydroxyl groups is 3. The zero-order valence-electron chi connectivity index (χ0n) is 23.9. The fourth-order valence-electron chi connectivity index (χ4n) is 6.70. The van der Waals surface area contributed by atoms with E-state index in [-0.39, 0.29) is 47.4 Å². The molecule has 1 amide bonds. The predicted molar refractivity (Wildman–Crippen MR) is 151 cm³/mol. The Bertz CT molecular complexity index is 1350. The van der Waals surface area contributed by atoms with Crippen molar-refractivity contribution in [3.05, 3.63) is 34.1 Å². The SMILES string of the molecule is CCC(C)N(CC(C)C)c1cc(N)c(O)c2c1CC1CC3[C@H](N(C)C)C(=O)C(C(N)=O)=C(O)[C@@]3(O)C(=O)C1=C2O. The van der Waals surface area contributed by atoms with Crippen molar-refractivity contribution >= 4 is 34.6 Å². The second kappa shape index (κ2) is 10.1. The Morgan fingerprint density at radius 3 is 2.33 bits per heavy atom. The lowest BCUT2D eigenvalue weighted by Crippen LogP contribution is -2.65. The maximum atomic E-state index is 14.0. The number of primary amides is 1. The number of nitrogens with zero attached hydrogens (tertiary/aromatic N) is 2. The van der Waals surface area contributed by atoms with Crippen molar-refractivity contribution < 1.29 is 34.8 Å². The second-order valence-corrected chi connectivity index (χ2v) is 12.0. The lowest BCUT2D eigenvalue weighted by Gasteiger charge is -2.50. The van der Waals surface area contributed by atoms with Gasteiger partial charge >= 0.3 is 0 Å². The number of benzene rings is 1. The molecule has 11 heteroatoms. The fourth-order valence-corrected chi connectivity index (χ4v) is 6.70. The second-order valence-electron chi connectivity index (χ2n) is 12.0. The highest BCUT2D eigenvalue weighted by Crippen LogP contribution is 2.54. The van der Waals surface area contributed by atoms with Crippen LogP contribution in [0.4, 0.5) is 11.4 Å². The molecule has 0 heterocycles. The minimum atomic E-state index is -2.68. The lowest BCUT2D eigenvalue weighted by molar-refractivity contribution is -0.153. The summed E-state index contributed by atoms with van der Waals surface area (Å²) in [6.07, 6.45) is 1.07. The van der Waals surface area contributed by atoms with E-state index in [0.29, 0.717) is 12.1 Å². The first-order valence-electron chi connectivity index (χ1n) is 13.6. The highest BCUT2D eigenvalue weighted by molar-refractivity contribution is 6.24. The van der Waals surface area contributed by atoms with Crippen LogP contribution in [0.5, 0.6) is 5.75 Å². The van der Waals surface area contributed by atoms with Crippen molar-refractivity contribution in [2.75, 3.05) is 31.3 Å². The molecule has 3 unspecified atom stereocenters. The number of likely N-dealkylation sites (N-methyl/N-ethyl adjacent to an activating group) is 1. The van der Waals surface area contributed by atoms with Crippen LogP contribution in [0, 0.1) is 17.8 Å². The summed E-state index contributed by atoms with van der Waals surface area (Å²) >= 11 is 0. The summed E-state index contributed by atoms with van der Waals surface area (Å²) in [5.41, 5.74) is 9.24. The Kier molecular flexibility index (Phi) is 7.44. The van der Waals surface area contributed by atoms with E-state index in [9.17, 15) is 34.8 Å². The molecule has 0 aromatic heterocycles. The third-order valence-electron chi connectivity index (χ3n) is 8.72. The summed E-state index contributed by atoms with van der Waals surface area (Å²) in [5, 5.41) is 45.3. The van der Waals surface area contributed by atoms with E-state index in [2.05, 4.69) is 32.6 Å². The molecule has 3 aliphatic carbocycles. The van der Waals surface area contributed by atoms with E-state index in [1.54, 1.807) is 20.2 Å². The van der Waals surface area contributed by atoms with Gasteiger partial charge in [0.25, 0.3) is 5.91 Å². The molecule has 1 saturated carbocycles. The molecule has 11 nitrogen and oxygen atoms in total. The molecule has 3 aliphatic rings. The molecule has 218 valence electrons. The predicted octanol–water partition coefficient (Wildman–Crippen LogP) is 1.81. The number of carbonyl (C=O) groups excluding carboxylic acids is 3. The number of Topliss-reactive ketones (excluding diaryl/α,β-unsaturated/α-hetero) is 2. The number of carbonyl (C=O) groups is 3. The highest BCUT2D eigenvalue weighted by atomic mass is 16.3. The van der Waals surface area contributed by atoms with Crippen molar-refractivity contribution in [3.8, 4) is 5.75 Å². The van der Waals surface area contributed by atoms with Crippen molar-refractivity contribution in [1.82, 2.24) is 4.90 Å². The number of nitrogens with two attached hydrogens (primary N) is 2.